The molecule has 0 aliphatic rings. The molecule has 0 aliphatic carbocycles. The molecule has 0 radical (unpaired) electrons. The fraction of sp³-hybridized carbons (Fsp3) is 0. The third kappa shape index (κ3) is 3.25. The number of imidazole rings is 1. The van der Waals surface area contributed by atoms with Crippen molar-refractivity contribution in [2.24, 2.45) is 0 Å². The van der Waals surface area contributed by atoms with E-state index in [9.17, 15) is 4.79 Å². The van der Waals surface area contributed by atoms with E-state index in [1.54, 1.807) is 24.3 Å². The Morgan fingerprint density at radius 3 is 2.36 bits per heavy atom. The first-order valence-electron chi connectivity index (χ1n) is 7.86. The lowest BCUT2D eigenvalue weighted by atomic mass is 10.1. The maximum Gasteiger partial charge on any atom is 0.285 e. The monoisotopic (exact) mass is 348 g/mol. The summed E-state index contributed by atoms with van der Waals surface area (Å²) in [5.41, 5.74) is 4.42. The molecule has 0 saturated heterocycles. The number of carbonyl (C=O) groups is 1. The van der Waals surface area contributed by atoms with Gasteiger partial charge in [0.25, 0.3) is 11.7 Å². The van der Waals surface area contributed by atoms with E-state index >= 15 is 0 Å². The van der Waals surface area contributed by atoms with Gasteiger partial charge in [-0.15, -0.1) is 0 Å². The molecule has 5 heteroatoms. The summed E-state index contributed by atoms with van der Waals surface area (Å²) in [5.74, 6) is 0.762. The molecule has 0 unspecified atom stereocenters. The number of rotatable bonds is 3. The molecule has 0 aliphatic heterocycles. The molecule has 0 bridgehead atoms. The zero-order valence-corrected chi connectivity index (χ0v) is 14.0. The van der Waals surface area contributed by atoms with Gasteiger partial charge in [0.2, 0.25) is 0 Å². The van der Waals surface area contributed by atoms with Crippen molar-refractivity contribution in [1.29, 1.82) is 0 Å². The number of para-hydroxylation sites is 2. The predicted octanol–water partition coefficient (Wildman–Crippen LogP) is 4.55. The van der Waals surface area contributed by atoms with Crippen LogP contribution in [0.1, 0.15) is 10.4 Å². The van der Waals surface area contributed by atoms with Crippen LogP contribution < -0.4 is 10.3 Å². The summed E-state index contributed by atoms with van der Waals surface area (Å²) in [7, 11) is 0. The zero-order valence-electron chi connectivity index (χ0n) is 13.2. The minimum absolute atomic E-state index is 0.165. The van der Waals surface area contributed by atoms with Crippen LogP contribution in [0.5, 0.6) is 0 Å². The van der Waals surface area contributed by atoms with Crippen molar-refractivity contribution < 1.29 is 9.78 Å². The number of halogens is 1. The second-order valence-corrected chi connectivity index (χ2v) is 6.15. The molecule has 0 saturated carbocycles. The Kier molecular flexibility index (Phi) is 3.96. The molecule has 4 aromatic rings. The number of fused-ring (bicyclic) bond motifs is 1. The van der Waals surface area contributed by atoms with Crippen molar-refractivity contribution in [3.05, 3.63) is 83.4 Å². The standard InChI is InChI=1S/C20H14ClN3O/c21-15-9-5-14(6-10-15)20(25)22-16-11-7-13(8-12-16)19-23-17-3-1-2-4-18(17)24-19/h1-12H,(H,22,25)(H,23,24)/p+1. The highest BCUT2D eigenvalue weighted by Gasteiger charge is 2.12. The Labute approximate surface area is 149 Å². The van der Waals surface area contributed by atoms with E-state index in [-0.39, 0.29) is 5.91 Å². The molecule has 0 fully saturated rings. The van der Waals surface area contributed by atoms with Crippen LogP contribution in [-0.4, -0.2) is 10.9 Å². The molecular formula is C20H15ClN3O+. The van der Waals surface area contributed by atoms with Gasteiger partial charge in [0.15, 0.2) is 11.0 Å². The van der Waals surface area contributed by atoms with E-state index < -0.39 is 0 Å². The Bertz CT molecular complexity index is 1000. The Morgan fingerprint density at radius 1 is 0.920 bits per heavy atom. The van der Waals surface area contributed by atoms with Crippen molar-refractivity contribution >= 4 is 34.2 Å². The maximum atomic E-state index is 12.2. The van der Waals surface area contributed by atoms with Gasteiger partial charge in [-0.05, 0) is 60.7 Å². The number of amides is 1. The molecule has 0 spiro atoms. The van der Waals surface area contributed by atoms with Crippen LogP contribution in [0.25, 0.3) is 22.4 Å². The van der Waals surface area contributed by atoms with Gasteiger partial charge in [0.1, 0.15) is 0 Å². The van der Waals surface area contributed by atoms with Crippen molar-refractivity contribution in [2.75, 3.05) is 5.32 Å². The van der Waals surface area contributed by atoms with Crippen molar-refractivity contribution in [2.45, 2.75) is 0 Å². The average Bonchev–Trinajstić information content (AvgIpc) is 3.07. The number of anilines is 1. The summed E-state index contributed by atoms with van der Waals surface area (Å²) in [6.45, 7) is 0. The van der Waals surface area contributed by atoms with E-state index in [0.717, 1.165) is 28.1 Å². The average molecular weight is 349 g/mol. The summed E-state index contributed by atoms with van der Waals surface area (Å²) in [6, 6.07) is 22.5. The molecule has 0 atom stereocenters. The highest BCUT2D eigenvalue weighted by Crippen LogP contribution is 2.20. The minimum Gasteiger partial charge on any atom is -0.322 e. The lowest BCUT2D eigenvalue weighted by Gasteiger charge is -2.05. The second-order valence-electron chi connectivity index (χ2n) is 5.71. The zero-order chi connectivity index (χ0) is 17.2. The number of hydrogen-bond acceptors (Lipinski definition) is 1. The number of aromatic amines is 2. The number of carbonyl (C=O) groups excluding carboxylic acids is 1. The first-order valence-corrected chi connectivity index (χ1v) is 8.24. The van der Waals surface area contributed by atoms with Gasteiger partial charge in [-0.2, -0.15) is 0 Å². The van der Waals surface area contributed by atoms with Crippen molar-refractivity contribution in [3.63, 3.8) is 0 Å². The fourth-order valence-corrected chi connectivity index (χ4v) is 2.80. The number of benzene rings is 3. The maximum absolute atomic E-state index is 12.2. The third-order valence-corrected chi connectivity index (χ3v) is 4.24. The molecular weight excluding hydrogens is 334 g/mol. The van der Waals surface area contributed by atoms with Gasteiger partial charge in [0.05, 0.1) is 5.56 Å². The van der Waals surface area contributed by atoms with Crippen LogP contribution in [0.3, 0.4) is 0 Å². The molecule has 1 aromatic heterocycles. The van der Waals surface area contributed by atoms with Gasteiger partial charge in [0, 0.05) is 16.3 Å². The van der Waals surface area contributed by atoms with E-state index in [1.807, 2.05) is 48.5 Å². The fourth-order valence-electron chi connectivity index (χ4n) is 2.67. The quantitative estimate of drug-likeness (QED) is 0.560. The van der Waals surface area contributed by atoms with Gasteiger partial charge < -0.3 is 5.32 Å². The van der Waals surface area contributed by atoms with E-state index in [1.165, 1.54) is 0 Å². The van der Waals surface area contributed by atoms with Crippen LogP contribution in [0, 0.1) is 0 Å². The van der Waals surface area contributed by atoms with E-state index in [0.29, 0.717) is 10.6 Å². The molecule has 3 aromatic carbocycles. The molecule has 122 valence electrons. The first-order chi connectivity index (χ1) is 12.2. The number of nitrogens with one attached hydrogen (secondary N) is 3. The SMILES string of the molecule is O=C(Nc1ccc(-c2[nH]c3ccccc3[nH+]2)cc1)c1ccc(Cl)cc1. The van der Waals surface area contributed by atoms with Crippen LogP contribution in [0.15, 0.2) is 72.8 Å². The van der Waals surface area contributed by atoms with Crippen LogP contribution >= 0.6 is 11.6 Å². The predicted molar refractivity (Wildman–Crippen MR) is 99.7 cm³/mol. The summed E-state index contributed by atoms with van der Waals surface area (Å²) < 4.78 is 0. The number of hydrogen-bond donors (Lipinski definition) is 2. The normalized spacial score (nSPS) is 10.8. The van der Waals surface area contributed by atoms with Crippen LogP contribution in [-0.2, 0) is 0 Å². The van der Waals surface area contributed by atoms with E-state index in [4.69, 9.17) is 11.6 Å². The summed E-state index contributed by atoms with van der Waals surface area (Å²) in [6.07, 6.45) is 0. The highest BCUT2D eigenvalue weighted by molar-refractivity contribution is 6.30. The van der Waals surface area contributed by atoms with Crippen molar-refractivity contribution in [1.82, 2.24) is 4.98 Å². The third-order valence-electron chi connectivity index (χ3n) is 3.98. The minimum atomic E-state index is -0.165. The lowest BCUT2D eigenvalue weighted by Crippen LogP contribution is -2.11. The van der Waals surface area contributed by atoms with Gasteiger partial charge in [-0.1, -0.05) is 23.7 Å². The Balaban J connectivity index is 1.53. The molecule has 25 heavy (non-hydrogen) atoms. The molecule has 4 rings (SSSR count). The Hall–Kier alpha value is -3.11. The Morgan fingerprint density at radius 2 is 1.64 bits per heavy atom. The molecule has 1 heterocycles. The second kappa shape index (κ2) is 6.42. The van der Waals surface area contributed by atoms with Gasteiger partial charge >= 0.3 is 0 Å². The first kappa shape index (κ1) is 15.4. The largest absolute Gasteiger partial charge is 0.322 e. The molecule has 4 nitrogen and oxygen atoms in total. The van der Waals surface area contributed by atoms with Crippen molar-refractivity contribution in [3.8, 4) is 11.4 Å². The van der Waals surface area contributed by atoms with Crippen LogP contribution in [0.2, 0.25) is 5.02 Å². The van der Waals surface area contributed by atoms with Crippen LogP contribution in [0.4, 0.5) is 5.69 Å². The topological polar surface area (TPSA) is 59.0 Å². The highest BCUT2D eigenvalue weighted by atomic mass is 35.5. The van der Waals surface area contributed by atoms with Gasteiger partial charge in [-0.25, -0.2) is 9.97 Å². The molecule has 1 amide bonds. The summed E-state index contributed by atoms with van der Waals surface area (Å²) >= 11 is 5.84. The molecule has 3 N–H and O–H groups in total. The smallest absolute Gasteiger partial charge is 0.285 e. The lowest BCUT2D eigenvalue weighted by molar-refractivity contribution is -0.330. The summed E-state index contributed by atoms with van der Waals surface area (Å²) in [5, 5.41) is 3.49. The number of H-pyrrole nitrogens is 2. The van der Waals surface area contributed by atoms with Gasteiger partial charge in [-0.3, -0.25) is 4.79 Å². The summed E-state index contributed by atoms with van der Waals surface area (Å²) in [4.78, 5) is 18.9. The van der Waals surface area contributed by atoms with E-state index in [2.05, 4.69) is 15.3 Å². The number of aromatic nitrogens is 2.